The first kappa shape index (κ1) is 19.6. The number of sulfonamides is 1. The summed E-state index contributed by atoms with van der Waals surface area (Å²) in [7, 11) is -3.70. The fourth-order valence-corrected chi connectivity index (χ4v) is 4.68. The van der Waals surface area contributed by atoms with E-state index in [1.54, 1.807) is 0 Å². The minimum atomic E-state index is -3.70. The Balaban J connectivity index is 1.81. The third-order valence-corrected chi connectivity index (χ3v) is 6.59. The Morgan fingerprint density at radius 2 is 1.93 bits per heavy atom. The van der Waals surface area contributed by atoms with Gasteiger partial charge in [-0.05, 0) is 43.2 Å². The number of carbonyl (C=O) groups excluding carboxylic acids is 1. The van der Waals surface area contributed by atoms with Gasteiger partial charge in [0.05, 0.1) is 17.0 Å². The van der Waals surface area contributed by atoms with Crippen LogP contribution in [0.25, 0.3) is 0 Å². The first-order valence-corrected chi connectivity index (χ1v) is 10.2. The van der Waals surface area contributed by atoms with Crippen LogP contribution in [0.5, 0.6) is 5.75 Å². The number of carbonyl (C=O) groups is 1. The first-order valence-electron chi connectivity index (χ1n) is 8.35. The lowest BCUT2D eigenvalue weighted by Gasteiger charge is -2.17. The SMILES string of the molecule is O=C(Cc1c(F)cccc1Cl)Nc1cc(S(=O)(=O)N2CCCC2)ccc1O. The zero-order valence-corrected chi connectivity index (χ0v) is 15.9. The number of rotatable bonds is 5. The van der Waals surface area contributed by atoms with Gasteiger partial charge in [0, 0.05) is 23.7 Å². The largest absolute Gasteiger partial charge is 0.506 e. The number of amides is 1. The molecule has 0 radical (unpaired) electrons. The van der Waals surface area contributed by atoms with Crippen molar-refractivity contribution < 1.29 is 22.7 Å². The number of nitrogens with one attached hydrogen (secondary N) is 1. The van der Waals surface area contributed by atoms with Gasteiger partial charge < -0.3 is 10.4 Å². The van der Waals surface area contributed by atoms with Gasteiger partial charge in [-0.1, -0.05) is 17.7 Å². The van der Waals surface area contributed by atoms with E-state index < -0.39 is 21.7 Å². The van der Waals surface area contributed by atoms with E-state index in [0.717, 1.165) is 12.8 Å². The highest BCUT2D eigenvalue weighted by molar-refractivity contribution is 7.89. The summed E-state index contributed by atoms with van der Waals surface area (Å²) < 4.78 is 40.4. The van der Waals surface area contributed by atoms with Gasteiger partial charge in [-0.2, -0.15) is 4.31 Å². The Hall–Kier alpha value is -2.16. The fourth-order valence-electron chi connectivity index (χ4n) is 2.91. The molecule has 1 saturated heterocycles. The average Bonchev–Trinajstić information content (AvgIpc) is 3.15. The van der Waals surface area contributed by atoms with E-state index in [2.05, 4.69) is 5.32 Å². The molecule has 1 aliphatic rings. The normalized spacial score (nSPS) is 15.0. The second kappa shape index (κ2) is 7.84. The number of anilines is 1. The number of aromatic hydroxyl groups is 1. The lowest BCUT2D eigenvalue weighted by atomic mass is 10.1. The van der Waals surface area contributed by atoms with E-state index in [-0.39, 0.29) is 33.3 Å². The van der Waals surface area contributed by atoms with Crippen LogP contribution in [0.1, 0.15) is 18.4 Å². The fraction of sp³-hybridized carbons (Fsp3) is 0.278. The molecule has 1 fully saturated rings. The van der Waals surface area contributed by atoms with E-state index >= 15 is 0 Å². The molecule has 2 aromatic rings. The molecule has 0 aliphatic carbocycles. The Labute approximate surface area is 161 Å². The lowest BCUT2D eigenvalue weighted by Crippen LogP contribution is -2.28. The maximum atomic E-state index is 13.8. The van der Waals surface area contributed by atoms with Crippen molar-refractivity contribution >= 4 is 33.2 Å². The summed E-state index contributed by atoms with van der Waals surface area (Å²) >= 11 is 5.91. The zero-order chi connectivity index (χ0) is 19.6. The smallest absolute Gasteiger partial charge is 0.243 e. The Bertz CT molecular complexity index is 955. The van der Waals surface area contributed by atoms with Crippen molar-refractivity contribution in [1.82, 2.24) is 4.31 Å². The predicted molar refractivity (Wildman–Crippen MR) is 99.8 cm³/mol. The highest BCUT2D eigenvalue weighted by Gasteiger charge is 2.28. The van der Waals surface area contributed by atoms with Crippen LogP contribution in [0.4, 0.5) is 10.1 Å². The molecule has 144 valence electrons. The standard InChI is InChI=1S/C18H18ClFN2O4S/c19-14-4-3-5-15(20)13(14)11-18(24)21-16-10-12(6-7-17(16)23)27(25,26)22-8-1-2-9-22/h3-7,10,23H,1-2,8-9,11H2,(H,21,24). The maximum absolute atomic E-state index is 13.8. The number of hydrogen-bond donors (Lipinski definition) is 2. The summed E-state index contributed by atoms with van der Waals surface area (Å²) in [5.74, 6) is -1.54. The molecule has 0 spiro atoms. The second-order valence-corrected chi connectivity index (χ2v) is 8.56. The van der Waals surface area contributed by atoms with Crippen molar-refractivity contribution in [3.05, 3.63) is 52.8 Å². The van der Waals surface area contributed by atoms with E-state index in [0.29, 0.717) is 13.1 Å². The average molecular weight is 413 g/mol. The van der Waals surface area contributed by atoms with Crippen molar-refractivity contribution in [1.29, 1.82) is 0 Å². The van der Waals surface area contributed by atoms with E-state index in [9.17, 15) is 22.7 Å². The zero-order valence-electron chi connectivity index (χ0n) is 14.3. The summed E-state index contributed by atoms with van der Waals surface area (Å²) in [6, 6.07) is 7.77. The number of nitrogens with zero attached hydrogens (tertiary/aromatic N) is 1. The monoisotopic (exact) mass is 412 g/mol. The van der Waals surface area contributed by atoms with Gasteiger partial charge >= 0.3 is 0 Å². The number of phenolic OH excluding ortho intramolecular Hbond substituents is 1. The molecular weight excluding hydrogens is 395 g/mol. The van der Waals surface area contributed by atoms with E-state index in [1.807, 2.05) is 0 Å². The quantitative estimate of drug-likeness (QED) is 0.738. The molecule has 1 amide bonds. The lowest BCUT2D eigenvalue weighted by molar-refractivity contribution is -0.115. The molecule has 0 bridgehead atoms. The van der Waals surface area contributed by atoms with Crippen LogP contribution >= 0.6 is 11.6 Å². The Morgan fingerprint density at radius 3 is 2.59 bits per heavy atom. The summed E-state index contributed by atoms with van der Waals surface area (Å²) in [6.07, 6.45) is 1.24. The summed E-state index contributed by atoms with van der Waals surface area (Å²) in [5.41, 5.74) is -0.0373. The van der Waals surface area contributed by atoms with Gasteiger partial charge in [-0.25, -0.2) is 12.8 Å². The van der Waals surface area contributed by atoms with Crippen LogP contribution in [0, 0.1) is 5.82 Å². The molecule has 0 unspecified atom stereocenters. The third-order valence-electron chi connectivity index (χ3n) is 4.34. The molecule has 0 atom stereocenters. The van der Waals surface area contributed by atoms with Crippen molar-refractivity contribution in [2.24, 2.45) is 0 Å². The van der Waals surface area contributed by atoms with Crippen LogP contribution in [0.3, 0.4) is 0 Å². The van der Waals surface area contributed by atoms with Crippen molar-refractivity contribution in [3.8, 4) is 5.75 Å². The molecule has 0 aromatic heterocycles. The van der Waals surface area contributed by atoms with Crippen molar-refractivity contribution in [3.63, 3.8) is 0 Å². The van der Waals surface area contributed by atoms with Gasteiger partial charge in [-0.15, -0.1) is 0 Å². The van der Waals surface area contributed by atoms with Crippen LogP contribution in [0.2, 0.25) is 5.02 Å². The second-order valence-electron chi connectivity index (χ2n) is 6.22. The van der Waals surface area contributed by atoms with Gasteiger partial charge in [-0.3, -0.25) is 4.79 Å². The molecule has 1 aliphatic heterocycles. The Morgan fingerprint density at radius 1 is 1.22 bits per heavy atom. The third kappa shape index (κ3) is 4.23. The maximum Gasteiger partial charge on any atom is 0.243 e. The molecule has 6 nitrogen and oxygen atoms in total. The van der Waals surface area contributed by atoms with Crippen LogP contribution in [-0.2, 0) is 21.2 Å². The molecule has 1 heterocycles. The molecule has 0 saturated carbocycles. The minimum Gasteiger partial charge on any atom is -0.506 e. The highest BCUT2D eigenvalue weighted by Crippen LogP contribution is 2.29. The van der Waals surface area contributed by atoms with Crippen molar-refractivity contribution in [2.75, 3.05) is 18.4 Å². The summed E-state index contributed by atoms with van der Waals surface area (Å²) in [4.78, 5) is 12.2. The molecular formula is C18H18ClFN2O4S. The molecule has 2 N–H and O–H groups in total. The topological polar surface area (TPSA) is 86.7 Å². The van der Waals surface area contributed by atoms with E-state index in [1.165, 1.54) is 40.7 Å². The summed E-state index contributed by atoms with van der Waals surface area (Å²) in [5, 5.41) is 12.5. The van der Waals surface area contributed by atoms with Crippen molar-refractivity contribution in [2.45, 2.75) is 24.2 Å². The number of benzene rings is 2. The highest BCUT2D eigenvalue weighted by atomic mass is 35.5. The molecule has 9 heteroatoms. The number of halogens is 2. The number of phenols is 1. The van der Waals surface area contributed by atoms with Gasteiger partial charge in [0.25, 0.3) is 0 Å². The summed E-state index contributed by atoms with van der Waals surface area (Å²) in [6.45, 7) is 0.882. The van der Waals surface area contributed by atoms with Gasteiger partial charge in [0.15, 0.2) is 0 Å². The Kier molecular flexibility index (Phi) is 5.69. The molecule has 3 rings (SSSR count). The van der Waals surface area contributed by atoms with Crippen LogP contribution in [0.15, 0.2) is 41.3 Å². The number of hydrogen-bond acceptors (Lipinski definition) is 4. The van der Waals surface area contributed by atoms with Gasteiger partial charge in [0.1, 0.15) is 11.6 Å². The van der Waals surface area contributed by atoms with E-state index in [4.69, 9.17) is 11.6 Å². The predicted octanol–water partition coefficient (Wildman–Crippen LogP) is 3.15. The minimum absolute atomic E-state index is 0.0250. The molecule has 2 aromatic carbocycles. The van der Waals surface area contributed by atoms with Crippen LogP contribution < -0.4 is 5.32 Å². The molecule has 27 heavy (non-hydrogen) atoms. The van der Waals surface area contributed by atoms with Gasteiger partial charge in [0.2, 0.25) is 15.9 Å². The first-order chi connectivity index (χ1) is 12.8. The van der Waals surface area contributed by atoms with Crippen LogP contribution in [-0.4, -0.2) is 36.8 Å².